The molecule has 4 aliphatic rings. The highest BCUT2D eigenvalue weighted by atomic mass is 16.2. The lowest BCUT2D eigenvalue weighted by atomic mass is 9.45. The molecule has 0 aromatic heterocycles. The molecule has 0 radical (unpaired) electrons. The first-order chi connectivity index (χ1) is 12.8. The zero-order chi connectivity index (χ0) is 19.4. The second-order valence-electron chi connectivity index (χ2n) is 10.1. The first-order valence-electron chi connectivity index (χ1n) is 10.8. The van der Waals surface area contributed by atoms with Gasteiger partial charge in [0.15, 0.2) is 0 Å². The molecule has 4 saturated carbocycles. The van der Waals surface area contributed by atoms with Gasteiger partial charge in [-0.05, 0) is 61.7 Å². The molecule has 0 aromatic rings. The van der Waals surface area contributed by atoms with Crippen molar-refractivity contribution in [2.24, 2.45) is 40.2 Å². The van der Waals surface area contributed by atoms with Crippen LogP contribution in [0.3, 0.4) is 0 Å². The molecule has 7 atom stereocenters. The number of carbonyl (C=O) groups is 3. The molecule has 0 heterocycles. The zero-order valence-electron chi connectivity index (χ0n) is 16.8. The van der Waals surface area contributed by atoms with Gasteiger partial charge in [0.05, 0.1) is 0 Å². The lowest BCUT2D eigenvalue weighted by Crippen LogP contribution is -2.58. The normalized spacial score (nSPS) is 46.4. The van der Waals surface area contributed by atoms with E-state index in [2.05, 4.69) is 19.2 Å². The van der Waals surface area contributed by atoms with Crippen LogP contribution in [0.4, 0.5) is 0 Å². The van der Waals surface area contributed by atoms with Gasteiger partial charge >= 0.3 is 0 Å². The Morgan fingerprint density at radius 1 is 1.15 bits per heavy atom. The van der Waals surface area contributed by atoms with E-state index < -0.39 is 0 Å². The minimum Gasteiger partial charge on any atom is -0.353 e. The van der Waals surface area contributed by atoms with Gasteiger partial charge in [0, 0.05) is 43.2 Å². The van der Waals surface area contributed by atoms with E-state index >= 15 is 0 Å². The standard InChI is InChI=1S/C22H34N2O3/c1-21-8-5-13(24-20(27)7-10-23)11-17(21)18(25)12-14-15-3-4-19(26)22(15,2)9-6-16(14)21/h13-17H,3-12,23H2,1-2H3,(H,24,27)/t13?,14-,15-,16-,17+,21+,22-/m0/s1. The van der Waals surface area contributed by atoms with Crippen molar-refractivity contribution in [3.05, 3.63) is 0 Å². The number of amides is 1. The summed E-state index contributed by atoms with van der Waals surface area (Å²) in [5, 5.41) is 3.10. The Morgan fingerprint density at radius 3 is 2.67 bits per heavy atom. The van der Waals surface area contributed by atoms with Crippen molar-refractivity contribution in [3.63, 3.8) is 0 Å². The maximum absolute atomic E-state index is 13.2. The summed E-state index contributed by atoms with van der Waals surface area (Å²) < 4.78 is 0. The number of nitrogens with two attached hydrogens (primary N) is 1. The summed E-state index contributed by atoms with van der Waals surface area (Å²) in [4.78, 5) is 37.7. The summed E-state index contributed by atoms with van der Waals surface area (Å²) in [6.45, 7) is 4.84. The molecule has 0 bridgehead atoms. The number of nitrogens with one attached hydrogen (secondary N) is 1. The average Bonchev–Trinajstić information content (AvgIpc) is 2.92. The SMILES string of the molecule is C[C@]12CCC(NC(=O)CCN)C[C@@H]1C(=O)C[C@@H]1[C@@H]2CC[C@]2(C)C(=O)CC[C@@H]12. The zero-order valence-corrected chi connectivity index (χ0v) is 16.8. The van der Waals surface area contributed by atoms with Crippen LogP contribution in [-0.2, 0) is 14.4 Å². The van der Waals surface area contributed by atoms with Crippen molar-refractivity contribution in [2.45, 2.75) is 77.7 Å². The predicted octanol–water partition coefficient (Wildman–Crippen LogP) is 2.61. The largest absolute Gasteiger partial charge is 0.353 e. The molecule has 3 N–H and O–H groups in total. The summed E-state index contributed by atoms with van der Waals surface area (Å²) in [5.41, 5.74) is 5.33. The first kappa shape index (κ1) is 19.1. The second-order valence-corrected chi connectivity index (χ2v) is 10.1. The van der Waals surface area contributed by atoms with Crippen molar-refractivity contribution in [1.82, 2.24) is 5.32 Å². The van der Waals surface area contributed by atoms with Crippen LogP contribution >= 0.6 is 0 Å². The van der Waals surface area contributed by atoms with Crippen molar-refractivity contribution in [3.8, 4) is 0 Å². The number of carbonyl (C=O) groups excluding carboxylic acids is 3. The molecule has 1 amide bonds. The Bertz CT molecular complexity index is 662. The molecule has 4 fully saturated rings. The van der Waals surface area contributed by atoms with Gasteiger partial charge in [-0.15, -0.1) is 0 Å². The van der Waals surface area contributed by atoms with Crippen LogP contribution in [0.2, 0.25) is 0 Å². The van der Waals surface area contributed by atoms with Crippen molar-refractivity contribution >= 4 is 17.5 Å². The van der Waals surface area contributed by atoms with Crippen molar-refractivity contribution in [1.29, 1.82) is 0 Å². The third kappa shape index (κ3) is 2.88. The summed E-state index contributed by atoms with van der Waals surface area (Å²) in [6.07, 6.45) is 7.45. The first-order valence-corrected chi connectivity index (χ1v) is 10.8. The molecule has 0 aliphatic heterocycles. The lowest BCUT2D eigenvalue weighted by molar-refractivity contribution is -0.157. The molecule has 150 valence electrons. The Labute approximate surface area is 162 Å². The Hall–Kier alpha value is -1.23. The molecule has 4 aliphatic carbocycles. The molecule has 4 rings (SSSR count). The van der Waals surface area contributed by atoms with E-state index in [1.165, 1.54) is 0 Å². The number of fused-ring (bicyclic) bond motifs is 5. The maximum Gasteiger partial charge on any atom is 0.221 e. The third-order valence-electron chi connectivity index (χ3n) is 8.90. The van der Waals surface area contributed by atoms with Crippen LogP contribution < -0.4 is 11.1 Å². The summed E-state index contributed by atoms with van der Waals surface area (Å²) in [5.74, 6) is 2.18. The Balaban J connectivity index is 1.53. The van der Waals surface area contributed by atoms with Crippen LogP contribution in [0, 0.1) is 34.5 Å². The third-order valence-corrected chi connectivity index (χ3v) is 8.90. The Morgan fingerprint density at radius 2 is 1.93 bits per heavy atom. The van der Waals surface area contributed by atoms with Gasteiger partial charge in [-0.1, -0.05) is 13.8 Å². The fraction of sp³-hybridized carbons (Fsp3) is 0.864. The van der Waals surface area contributed by atoms with Gasteiger partial charge in [-0.2, -0.15) is 0 Å². The fourth-order valence-electron chi connectivity index (χ4n) is 7.37. The average molecular weight is 375 g/mol. The van der Waals surface area contributed by atoms with Crippen LogP contribution in [0.25, 0.3) is 0 Å². The molecular formula is C22H34N2O3. The van der Waals surface area contributed by atoms with Crippen molar-refractivity contribution < 1.29 is 14.4 Å². The van der Waals surface area contributed by atoms with Gasteiger partial charge in [-0.25, -0.2) is 0 Å². The Kier molecular flexibility index (Phi) is 4.73. The van der Waals surface area contributed by atoms with Gasteiger partial charge in [0.25, 0.3) is 0 Å². The minimum absolute atomic E-state index is 0.00476. The summed E-state index contributed by atoms with van der Waals surface area (Å²) in [6, 6.07) is 0.101. The molecule has 27 heavy (non-hydrogen) atoms. The van der Waals surface area contributed by atoms with E-state index in [1.807, 2.05) is 0 Å². The van der Waals surface area contributed by atoms with E-state index in [9.17, 15) is 14.4 Å². The van der Waals surface area contributed by atoms with Crippen LogP contribution in [-0.4, -0.2) is 30.1 Å². The highest BCUT2D eigenvalue weighted by Gasteiger charge is 2.62. The predicted molar refractivity (Wildman–Crippen MR) is 103 cm³/mol. The van der Waals surface area contributed by atoms with E-state index in [4.69, 9.17) is 5.73 Å². The molecule has 5 nitrogen and oxygen atoms in total. The summed E-state index contributed by atoms with van der Waals surface area (Å²) in [7, 11) is 0. The van der Waals surface area contributed by atoms with Gasteiger partial charge in [0.1, 0.15) is 11.6 Å². The van der Waals surface area contributed by atoms with Gasteiger partial charge in [0.2, 0.25) is 5.91 Å². The van der Waals surface area contributed by atoms with E-state index in [0.29, 0.717) is 55.1 Å². The van der Waals surface area contributed by atoms with E-state index in [1.54, 1.807) is 0 Å². The van der Waals surface area contributed by atoms with E-state index in [0.717, 1.165) is 38.5 Å². The number of Topliss-reactive ketones (excluding diaryl/α,β-unsaturated/α-hetero) is 2. The number of hydrogen-bond donors (Lipinski definition) is 2. The molecule has 0 saturated heterocycles. The smallest absolute Gasteiger partial charge is 0.221 e. The van der Waals surface area contributed by atoms with Crippen LogP contribution in [0.15, 0.2) is 0 Å². The van der Waals surface area contributed by atoms with Crippen LogP contribution in [0.1, 0.15) is 71.6 Å². The molecule has 1 unspecified atom stereocenters. The lowest BCUT2D eigenvalue weighted by Gasteiger charge is -2.59. The maximum atomic E-state index is 13.2. The highest BCUT2D eigenvalue weighted by Crippen LogP contribution is 2.64. The topological polar surface area (TPSA) is 89.3 Å². The molecule has 0 aromatic carbocycles. The monoisotopic (exact) mass is 374 g/mol. The fourth-order valence-corrected chi connectivity index (χ4v) is 7.37. The van der Waals surface area contributed by atoms with Crippen molar-refractivity contribution in [2.75, 3.05) is 6.54 Å². The quantitative estimate of drug-likeness (QED) is 0.795. The summed E-state index contributed by atoms with van der Waals surface area (Å²) >= 11 is 0. The van der Waals surface area contributed by atoms with E-state index in [-0.39, 0.29) is 28.7 Å². The van der Waals surface area contributed by atoms with Gasteiger partial charge < -0.3 is 11.1 Å². The highest BCUT2D eigenvalue weighted by molar-refractivity contribution is 5.88. The van der Waals surface area contributed by atoms with Gasteiger partial charge in [-0.3, -0.25) is 14.4 Å². The molecule has 0 spiro atoms. The van der Waals surface area contributed by atoms with Crippen LogP contribution in [0.5, 0.6) is 0 Å². The molecule has 5 heteroatoms. The number of rotatable bonds is 3. The molecular weight excluding hydrogens is 340 g/mol. The minimum atomic E-state index is -0.182. The number of hydrogen-bond acceptors (Lipinski definition) is 4. The second kappa shape index (κ2) is 6.68. The number of ketones is 2.